The molecule has 5 heteroatoms. The summed E-state index contributed by atoms with van der Waals surface area (Å²) in [6.07, 6.45) is 3.74. The Bertz CT molecular complexity index is 788. The Morgan fingerprint density at radius 3 is 2.83 bits per heavy atom. The van der Waals surface area contributed by atoms with E-state index in [1.807, 2.05) is 18.2 Å². The molecule has 1 aromatic heterocycles. The number of benzene rings is 1. The average molecular weight is 306 g/mol. The first kappa shape index (κ1) is 13.9. The number of para-hydroxylation sites is 1. The van der Waals surface area contributed by atoms with Gasteiger partial charge in [0.1, 0.15) is 17.6 Å². The molecular weight excluding hydrogens is 288 g/mol. The summed E-state index contributed by atoms with van der Waals surface area (Å²) in [6, 6.07) is 11.8. The van der Waals surface area contributed by atoms with Gasteiger partial charge in [-0.3, -0.25) is 0 Å². The first-order valence-electron chi connectivity index (χ1n) is 7.85. The fraction of sp³-hybridized carbons (Fsp3) is 0.333. The Kier molecular flexibility index (Phi) is 3.12. The first-order valence-corrected chi connectivity index (χ1v) is 7.85. The number of hydrogen-bond donors (Lipinski definition) is 1. The normalized spacial score (nSPS) is 18.3. The van der Waals surface area contributed by atoms with Crippen LogP contribution in [0, 0.1) is 11.3 Å². The van der Waals surface area contributed by atoms with Crippen molar-refractivity contribution in [1.29, 1.82) is 5.26 Å². The quantitative estimate of drug-likeness (QED) is 0.876. The van der Waals surface area contributed by atoms with Gasteiger partial charge in [0.25, 0.3) is 0 Å². The Balaban J connectivity index is 1.59. The van der Waals surface area contributed by atoms with E-state index in [0.717, 1.165) is 43.2 Å². The van der Waals surface area contributed by atoms with Crippen molar-refractivity contribution in [3.8, 4) is 11.8 Å². The van der Waals surface area contributed by atoms with Crippen LogP contribution in [0.2, 0.25) is 0 Å². The van der Waals surface area contributed by atoms with Crippen molar-refractivity contribution < 1.29 is 4.74 Å². The zero-order chi connectivity index (χ0) is 15.9. The zero-order valence-electron chi connectivity index (χ0n) is 12.8. The minimum atomic E-state index is 0.0268. The standard InChI is InChI=1S/C18H18N4O/c19-11-13-2-1-3-15-17(13)23-12-18(15)5-8-22(9-6-18)16-10-14(20)4-7-21-16/h1-4,7,10H,5-6,8-9,12H2,(H2,20,21). The molecule has 2 aliphatic heterocycles. The molecule has 0 atom stereocenters. The van der Waals surface area contributed by atoms with E-state index >= 15 is 0 Å². The second kappa shape index (κ2) is 5.17. The molecule has 0 radical (unpaired) electrons. The van der Waals surface area contributed by atoms with Gasteiger partial charge in [-0.2, -0.15) is 5.26 Å². The molecule has 0 aliphatic carbocycles. The van der Waals surface area contributed by atoms with Gasteiger partial charge < -0.3 is 15.4 Å². The predicted octanol–water partition coefficient (Wildman–Crippen LogP) is 2.47. The highest BCUT2D eigenvalue weighted by molar-refractivity contribution is 5.56. The third kappa shape index (κ3) is 2.18. The summed E-state index contributed by atoms with van der Waals surface area (Å²) in [4.78, 5) is 6.69. The maximum absolute atomic E-state index is 9.25. The Morgan fingerprint density at radius 2 is 2.09 bits per heavy atom. The van der Waals surface area contributed by atoms with Crippen molar-refractivity contribution in [3.05, 3.63) is 47.7 Å². The van der Waals surface area contributed by atoms with Crippen molar-refractivity contribution in [3.63, 3.8) is 0 Å². The fourth-order valence-corrected chi connectivity index (χ4v) is 3.67. The van der Waals surface area contributed by atoms with Crippen LogP contribution in [0.25, 0.3) is 0 Å². The Labute approximate surface area is 135 Å². The van der Waals surface area contributed by atoms with Gasteiger partial charge in [0.2, 0.25) is 0 Å². The van der Waals surface area contributed by atoms with Crippen LogP contribution in [0.15, 0.2) is 36.5 Å². The Morgan fingerprint density at radius 1 is 1.26 bits per heavy atom. The molecule has 3 heterocycles. The molecule has 0 unspecified atom stereocenters. The SMILES string of the molecule is N#Cc1cccc2c1OCC21CCN(c2cc(N)ccn2)CC1. The minimum absolute atomic E-state index is 0.0268. The maximum atomic E-state index is 9.25. The number of hydrogen-bond acceptors (Lipinski definition) is 5. The summed E-state index contributed by atoms with van der Waals surface area (Å²) in [5.41, 5.74) is 8.45. The van der Waals surface area contributed by atoms with E-state index in [4.69, 9.17) is 10.5 Å². The Hall–Kier alpha value is -2.74. The molecular formula is C18H18N4O. The number of piperidine rings is 1. The third-order valence-electron chi connectivity index (χ3n) is 5.01. The van der Waals surface area contributed by atoms with E-state index < -0.39 is 0 Å². The monoisotopic (exact) mass is 306 g/mol. The van der Waals surface area contributed by atoms with Crippen molar-refractivity contribution in [2.75, 3.05) is 30.3 Å². The molecule has 5 nitrogen and oxygen atoms in total. The smallest absolute Gasteiger partial charge is 0.140 e. The highest BCUT2D eigenvalue weighted by Crippen LogP contribution is 2.47. The van der Waals surface area contributed by atoms with Crippen LogP contribution in [0.3, 0.4) is 0 Å². The van der Waals surface area contributed by atoms with Crippen molar-refractivity contribution in [1.82, 2.24) is 4.98 Å². The summed E-state index contributed by atoms with van der Waals surface area (Å²) in [6.45, 7) is 2.49. The van der Waals surface area contributed by atoms with Gasteiger partial charge in [-0.05, 0) is 25.0 Å². The van der Waals surface area contributed by atoms with Gasteiger partial charge in [-0.25, -0.2) is 4.98 Å². The number of ether oxygens (including phenoxy) is 1. The molecule has 2 aliphatic rings. The number of nitrogen functional groups attached to an aromatic ring is 1. The summed E-state index contributed by atoms with van der Waals surface area (Å²) < 4.78 is 5.90. The van der Waals surface area contributed by atoms with E-state index in [1.165, 1.54) is 5.56 Å². The van der Waals surface area contributed by atoms with Gasteiger partial charge in [0.05, 0.1) is 12.2 Å². The second-order valence-corrected chi connectivity index (χ2v) is 6.30. The van der Waals surface area contributed by atoms with E-state index in [9.17, 15) is 5.26 Å². The van der Waals surface area contributed by atoms with Crippen LogP contribution in [-0.2, 0) is 5.41 Å². The number of fused-ring (bicyclic) bond motifs is 2. The molecule has 1 fully saturated rings. The van der Waals surface area contributed by atoms with Crippen LogP contribution >= 0.6 is 0 Å². The van der Waals surface area contributed by atoms with Crippen molar-refractivity contribution >= 4 is 11.5 Å². The molecule has 2 aromatic rings. The molecule has 2 N–H and O–H groups in total. The molecule has 0 saturated carbocycles. The average Bonchev–Trinajstić information content (AvgIpc) is 2.94. The number of nitrogens with zero attached hydrogens (tertiary/aromatic N) is 3. The van der Waals surface area contributed by atoms with Gasteiger partial charge in [0.15, 0.2) is 0 Å². The van der Waals surface area contributed by atoms with E-state index in [2.05, 4.69) is 22.0 Å². The lowest BCUT2D eigenvalue weighted by atomic mass is 9.74. The molecule has 116 valence electrons. The summed E-state index contributed by atoms with van der Waals surface area (Å²) in [5, 5.41) is 9.25. The highest BCUT2D eigenvalue weighted by Gasteiger charge is 2.44. The van der Waals surface area contributed by atoms with E-state index in [1.54, 1.807) is 12.3 Å². The molecule has 0 amide bonds. The topological polar surface area (TPSA) is 75.2 Å². The molecule has 4 rings (SSSR count). The lowest BCUT2D eigenvalue weighted by Gasteiger charge is -2.39. The number of pyridine rings is 1. The van der Waals surface area contributed by atoms with Crippen molar-refractivity contribution in [2.24, 2.45) is 0 Å². The zero-order valence-corrected chi connectivity index (χ0v) is 12.8. The van der Waals surface area contributed by atoms with Crippen LogP contribution in [0.1, 0.15) is 24.0 Å². The molecule has 1 aromatic carbocycles. The highest BCUT2D eigenvalue weighted by atomic mass is 16.5. The lowest BCUT2D eigenvalue weighted by molar-refractivity contribution is 0.229. The van der Waals surface area contributed by atoms with Crippen LogP contribution < -0.4 is 15.4 Å². The van der Waals surface area contributed by atoms with E-state index in [-0.39, 0.29) is 5.41 Å². The van der Waals surface area contributed by atoms with Crippen molar-refractivity contribution in [2.45, 2.75) is 18.3 Å². The lowest BCUT2D eigenvalue weighted by Crippen LogP contribution is -2.44. The van der Waals surface area contributed by atoms with Gasteiger partial charge >= 0.3 is 0 Å². The number of rotatable bonds is 1. The largest absolute Gasteiger partial charge is 0.491 e. The van der Waals surface area contributed by atoms with Gasteiger partial charge in [-0.1, -0.05) is 12.1 Å². The molecule has 1 saturated heterocycles. The minimum Gasteiger partial charge on any atom is -0.491 e. The van der Waals surface area contributed by atoms with E-state index in [0.29, 0.717) is 12.2 Å². The number of nitriles is 1. The first-order chi connectivity index (χ1) is 11.2. The summed E-state index contributed by atoms with van der Waals surface area (Å²) >= 11 is 0. The third-order valence-corrected chi connectivity index (χ3v) is 5.01. The van der Waals surface area contributed by atoms with Crippen LogP contribution in [0.4, 0.5) is 11.5 Å². The number of nitrogens with two attached hydrogens (primary N) is 1. The maximum Gasteiger partial charge on any atom is 0.140 e. The second-order valence-electron chi connectivity index (χ2n) is 6.30. The molecule has 1 spiro atoms. The summed E-state index contributed by atoms with van der Waals surface area (Å²) in [5.74, 6) is 1.72. The predicted molar refractivity (Wildman–Crippen MR) is 88.4 cm³/mol. The number of anilines is 2. The van der Waals surface area contributed by atoms with Crippen LogP contribution in [-0.4, -0.2) is 24.7 Å². The molecule has 0 bridgehead atoms. The summed E-state index contributed by atoms with van der Waals surface area (Å²) in [7, 11) is 0. The molecule has 23 heavy (non-hydrogen) atoms. The number of aromatic nitrogens is 1. The van der Waals surface area contributed by atoms with Crippen LogP contribution in [0.5, 0.6) is 5.75 Å². The van der Waals surface area contributed by atoms with Gasteiger partial charge in [0, 0.05) is 42.0 Å². The fourth-order valence-electron chi connectivity index (χ4n) is 3.67. The van der Waals surface area contributed by atoms with Gasteiger partial charge in [-0.15, -0.1) is 0 Å².